The zero-order valence-corrected chi connectivity index (χ0v) is 13.0. The maximum absolute atomic E-state index is 12.4. The molecule has 0 spiro atoms. The van der Waals surface area contributed by atoms with Crippen LogP contribution >= 0.6 is 11.6 Å². The van der Waals surface area contributed by atoms with Crippen LogP contribution in [0.1, 0.15) is 23.5 Å². The van der Waals surface area contributed by atoms with E-state index >= 15 is 0 Å². The Bertz CT molecular complexity index is 863. The summed E-state index contributed by atoms with van der Waals surface area (Å²) >= 11 is 6.04. The van der Waals surface area contributed by atoms with Crippen molar-refractivity contribution in [2.45, 2.75) is 18.9 Å². The maximum Gasteiger partial charge on any atom is 0.223 e. The minimum Gasteiger partial charge on any atom is -0.338 e. The molecule has 4 rings (SSSR count). The molecule has 1 atom stereocenters. The van der Waals surface area contributed by atoms with Gasteiger partial charge in [-0.3, -0.25) is 4.79 Å². The molecule has 1 aliphatic rings. The summed E-state index contributed by atoms with van der Waals surface area (Å²) in [6.45, 7) is 1.16. The third-order valence-corrected chi connectivity index (χ3v) is 4.35. The number of nitrogens with zero attached hydrogens (tertiary/aromatic N) is 5. The molecular weight excluding hydrogens is 314 g/mol. The largest absolute Gasteiger partial charge is 0.338 e. The molecule has 3 heterocycles. The van der Waals surface area contributed by atoms with E-state index in [0.717, 1.165) is 5.56 Å². The highest BCUT2D eigenvalue weighted by molar-refractivity contribution is 6.29. The second-order valence-corrected chi connectivity index (χ2v) is 6.06. The molecule has 1 fully saturated rings. The van der Waals surface area contributed by atoms with Gasteiger partial charge in [0.2, 0.25) is 5.91 Å². The van der Waals surface area contributed by atoms with Gasteiger partial charge in [0.05, 0.1) is 0 Å². The van der Waals surface area contributed by atoms with Gasteiger partial charge in [0.15, 0.2) is 10.8 Å². The molecule has 2 aromatic heterocycles. The van der Waals surface area contributed by atoms with Crippen molar-refractivity contribution in [2.75, 3.05) is 6.54 Å². The first-order chi connectivity index (χ1) is 11.2. The lowest BCUT2D eigenvalue weighted by atomic mass is 9.99. The smallest absolute Gasteiger partial charge is 0.223 e. The van der Waals surface area contributed by atoms with Gasteiger partial charge < -0.3 is 4.90 Å². The molecule has 0 bridgehead atoms. The number of halogens is 1. The number of likely N-dealkylation sites (tertiary alicyclic amines) is 1. The number of benzene rings is 1. The van der Waals surface area contributed by atoms with Crippen LogP contribution in [-0.2, 0) is 11.3 Å². The Morgan fingerprint density at radius 1 is 1.26 bits per heavy atom. The van der Waals surface area contributed by atoms with E-state index in [0.29, 0.717) is 30.3 Å². The van der Waals surface area contributed by atoms with Crippen LogP contribution in [0.15, 0.2) is 42.7 Å². The molecule has 0 aliphatic carbocycles. The van der Waals surface area contributed by atoms with Crippen molar-refractivity contribution in [3.63, 3.8) is 0 Å². The number of carbonyl (C=O) groups is 1. The number of hydrogen-bond acceptors (Lipinski definition) is 4. The Hall–Kier alpha value is -2.47. The predicted molar refractivity (Wildman–Crippen MR) is 85.0 cm³/mol. The Balaban J connectivity index is 1.59. The average Bonchev–Trinajstić information content (AvgIpc) is 3.15. The van der Waals surface area contributed by atoms with E-state index in [9.17, 15) is 4.79 Å². The van der Waals surface area contributed by atoms with Crippen molar-refractivity contribution in [1.82, 2.24) is 24.7 Å². The molecule has 1 unspecified atom stereocenters. The number of amides is 1. The van der Waals surface area contributed by atoms with Gasteiger partial charge in [0.1, 0.15) is 6.33 Å². The van der Waals surface area contributed by atoms with Crippen LogP contribution in [0, 0.1) is 0 Å². The Kier molecular flexibility index (Phi) is 3.46. The van der Waals surface area contributed by atoms with Crippen LogP contribution in [0.25, 0.3) is 5.65 Å². The van der Waals surface area contributed by atoms with E-state index in [-0.39, 0.29) is 11.8 Å². The lowest BCUT2D eigenvalue weighted by molar-refractivity contribution is -0.128. The second-order valence-electron chi connectivity index (χ2n) is 5.68. The fourth-order valence-electron chi connectivity index (χ4n) is 3.05. The van der Waals surface area contributed by atoms with Crippen molar-refractivity contribution >= 4 is 23.2 Å². The van der Waals surface area contributed by atoms with Crippen LogP contribution in [0.2, 0.25) is 5.15 Å². The summed E-state index contributed by atoms with van der Waals surface area (Å²) in [6, 6.07) is 11.9. The summed E-state index contributed by atoms with van der Waals surface area (Å²) in [6.07, 6.45) is 2.04. The average molecular weight is 328 g/mol. The van der Waals surface area contributed by atoms with Crippen LogP contribution in [0.3, 0.4) is 0 Å². The minimum absolute atomic E-state index is 0.143. The first kappa shape index (κ1) is 14.1. The molecule has 116 valence electrons. The SMILES string of the molecule is O=C1CC(c2ccccc2)CN1Cc1cc(Cl)nn2cnnc12. The summed E-state index contributed by atoms with van der Waals surface area (Å²) in [4.78, 5) is 14.2. The quantitative estimate of drug-likeness (QED) is 0.740. The Morgan fingerprint density at radius 2 is 2.09 bits per heavy atom. The molecular formula is C16H14ClN5O. The fraction of sp³-hybridized carbons (Fsp3) is 0.250. The molecule has 7 heteroatoms. The van der Waals surface area contributed by atoms with Crippen molar-refractivity contribution in [2.24, 2.45) is 0 Å². The van der Waals surface area contributed by atoms with Gasteiger partial charge in [-0.2, -0.15) is 9.61 Å². The third kappa shape index (κ3) is 2.66. The van der Waals surface area contributed by atoms with Gasteiger partial charge >= 0.3 is 0 Å². The molecule has 1 aliphatic heterocycles. The Labute approximate surface area is 137 Å². The topological polar surface area (TPSA) is 63.4 Å². The van der Waals surface area contributed by atoms with E-state index in [1.807, 2.05) is 23.1 Å². The summed E-state index contributed by atoms with van der Waals surface area (Å²) in [5.41, 5.74) is 2.68. The maximum atomic E-state index is 12.4. The molecule has 1 saturated heterocycles. The molecule has 23 heavy (non-hydrogen) atoms. The lowest BCUT2D eigenvalue weighted by Gasteiger charge is -2.17. The molecule has 3 aromatic rings. The normalized spacial score (nSPS) is 18.0. The van der Waals surface area contributed by atoms with Gasteiger partial charge in [-0.25, -0.2) is 0 Å². The van der Waals surface area contributed by atoms with Crippen molar-refractivity contribution in [1.29, 1.82) is 0 Å². The lowest BCUT2D eigenvalue weighted by Crippen LogP contribution is -2.25. The predicted octanol–water partition coefficient (Wildman–Crippen LogP) is 2.29. The van der Waals surface area contributed by atoms with Gasteiger partial charge in [0.25, 0.3) is 0 Å². The highest BCUT2D eigenvalue weighted by Crippen LogP contribution is 2.29. The van der Waals surface area contributed by atoms with Crippen LogP contribution in [-0.4, -0.2) is 37.2 Å². The van der Waals surface area contributed by atoms with Crippen LogP contribution in [0.5, 0.6) is 0 Å². The first-order valence-corrected chi connectivity index (χ1v) is 7.76. The fourth-order valence-corrected chi connectivity index (χ4v) is 3.26. The van der Waals surface area contributed by atoms with Crippen LogP contribution < -0.4 is 0 Å². The van der Waals surface area contributed by atoms with E-state index < -0.39 is 0 Å². The van der Waals surface area contributed by atoms with Crippen LogP contribution in [0.4, 0.5) is 0 Å². The molecule has 1 amide bonds. The summed E-state index contributed by atoms with van der Waals surface area (Å²) < 4.78 is 1.53. The third-order valence-electron chi connectivity index (χ3n) is 4.16. The molecule has 0 radical (unpaired) electrons. The van der Waals surface area contributed by atoms with Gasteiger partial charge in [0, 0.05) is 31.0 Å². The zero-order valence-electron chi connectivity index (χ0n) is 12.3. The standard InChI is InChI=1S/C16H14ClN5O/c17-14-6-13(16-19-18-10-22(16)20-14)9-21-8-12(7-15(21)23)11-4-2-1-3-5-11/h1-6,10,12H,7-9H2. The number of hydrogen-bond donors (Lipinski definition) is 0. The number of aromatic nitrogens is 4. The van der Waals surface area contributed by atoms with E-state index in [2.05, 4.69) is 27.4 Å². The summed E-state index contributed by atoms with van der Waals surface area (Å²) in [7, 11) is 0. The number of rotatable bonds is 3. The monoisotopic (exact) mass is 327 g/mol. The molecule has 1 aromatic carbocycles. The molecule has 6 nitrogen and oxygen atoms in total. The van der Waals surface area contributed by atoms with Gasteiger partial charge in [-0.15, -0.1) is 10.2 Å². The Morgan fingerprint density at radius 3 is 2.91 bits per heavy atom. The molecule has 0 N–H and O–H groups in total. The van der Waals surface area contributed by atoms with Gasteiger partial charge in [-0.1, -0.05) is 41.9 Å². The number of fused-ring (bicyclic) bond motifs is 1. The zero-order chi connectivity index (χ0) is 15.8. The molecule has 0 saturated carbocycles. The van der Waals surface area contributed by atoms with Crippen molar-refractivity contribution in [3.8, 4) is 0 Å². The summed E-state index contributed by atoms with van der Waals surface area (Å²) in [5, 5.41) is 12.4. The first-order valence-electron chi connectivity index (χ1n) is 7.39. The van der Waals surface area contributed by atoms with Crippen molar-refractivity contribution < 1.29 is 4.79 Å². The van der Waals surface area contributed by atoms with E-state index in [1.165, 1.54) is 16.4 Å². The van der Waals surface area contributed by atoms with Gasteiger partial charge in [-0.05, 0) is 11.6 Å². The minimum atomic E-state index is 0.143. The summed E-state index contributed by atoms with van der Waals surface area (Å²) in [5.74, 6) is 0.374. The van der Waals surface area contributed by atoms with Crippen molar-refractivity contribution in [3.05, 3.63) is 59.0 Å². The van der Waals surface area contributed by atoms with E-state index in [1.54, 1.807) is 6.07 Å². The van der Waals surface area contributed by atoms with E-state index in [4.69, 9.17) is 11.6 Å². The highest BCUT2D eigenvalue weighted by atomic mass is 35.5. The number of carbonyl (C=O) groups excluding carboxylic acids is 1. The highest BCUT2D eigenvalue weighted by Gasteiger charge is 2.31. The second kappa shape index (κ2) is 5.62.